The van der Waals surface area contributed by atoms with Gasteiger partial charge in [-0.05, 0) is 61.0 Å². The minimum atomic E-state index is -0.868. The van der Waals surface area contributed by atoms with Crippen molar-refractivity contribution in [2.75, 3.05) is 16.4 Å². The molecule has 0 saturated carbocycles. The van der Waals surface area contributed by atoms with Crippen LogP contribution in [0.5, 0.6) is 0 Å². The highest BCUT2D eigenvalue weighted by molar-refractivity contribution is 5.90. The third-order valence-corrected chi connectivity index (χ3v) is 5.34. The molecule has 164 valence electrons. The molecule has 3 heterocycles. The lowest BCUT2D eigenvalue weighted by Crippen LogP contribution is -2.10. The first-order valence-electron chi connectivity index (χ1n) is 10.5. The van der Waals surface area contributed by atoms with Crippen LogP contribution in [0.25, 0.3) is 22.3 Å². The van der Waals surface area contributed by atoms with E-state index in [1.807, 2.05) is 61.7 Å². The van der Waals surface area contributed by atoms with Crippen LogP contribution in [0.1, 0.15) is 17.4 Å². The summed E-state index contributed by atoms with van der Waals surface area (Å²) in [6.45, 7) is 1.98. The van der Waals surface area contributed by atoms with Gasteiger partial charge >= 0.3 is 0 Å². The second kappa shape index (κ2) is 8.60. The number of benzene rings is 2. The quantitative estimate of drug-likeness (QED) is 0.192. The van der Waals surface area contributed by atoms with Crippen LogP contribution in [0, 0.1) is 6.92 Å². The van der Waals surface area contributed by atoms with E-state index in [0.717, 1.165) is 39.2 Å². The molecule has 8 nitrogen and oxygen atoms in total. The van der Waals surface area contributed by atoms with Gasteiger partial charge in [-0.25, -0.2) is 9.97 Å². The highest BCUT2D eigenvalue weighted by atomic mass is 16.3. The van der Waals surface area contributed by atoms with E-state index in [2.05, 4.69) is 25.6 Å². The minimum Gasteiger partial charge on any atom is -0.399 e. The van der Waals surface area contributed by atoms with Gasteiger partial charge in [0.1, 0.15) is 5.69 Å². The van der Waals surface area contributed by atoms with Crippen molar-refractivity contribution in [3.63, 3.8) is 0 Å². The molecule has 1 atom stereocenters. The van der Waals surface area contributed by atoms with E-state index in [4.69, 9.17) is 10.7 Å². The van der Waals surface area contributed by atoms with Crippen molar-refractivity contribution in [3.8, 4) is 11.3 Å². The van der Waals surface area contributed by atoms with Crippen LogP contribution in [0.2, 0.25) is 0 Å². The molecule has 1 unspecified atom stereocenters. The Labute approximate surface area is 190 Å². The Hall–Kier alpha value is -4.43. The standard InChI is InChI=1S/C25H23N7O/c1-15-12-19(29-24(33)16-4-2-6-18(26)13-16)7-8-20(15)30-25-31-21-9-11-28-23(21)22(32-25)17-5-3-10-27-14-17/h2-14,24,28-29,33H,26H2,1H3,(H,30,31,32). The lowest BCUT2D eigenvalue weighted by Gasteiger charge is -2.17. The van der Waals surface area contributed by atoms with Crippen LogP contribution in [-0.2, 0) is 0 Å². The second-order valence-electron chi connectivity index (χ2n) is 7.75. The lowest BCUT2D eigenvalue weighted by molar-refractivity contribution is 0.208. The number of nitrogen functional groups attached to an aromatic ring is 1. The van der Waals surface area contributed by atoms with Crippen molar-refractivity contribution in [1.82, 2.24) is 19.9 Å². The molecule has 3 aromatic heterocycles. The van der Waals surface area contributed by atoms with Crippen LogP contribution in [0.4, 0.5) is 23.0 Å². The molecule has 0 radical (unpaired) electrons. The van der Waals surface area contributed by atoms with Gasteiger partial charge in [-0.1, -0.05) is 12.1 Å². The Morgan fingerprint density at radius 3 is 2.73 bits per heavy atom. The van der Waals surface area contributed by atoms with Crippen LogP contribution in [-0.4, -0.2) is 25.0 Å². The summed E-state index contributed by atoms with van der Waals surface area (Å²) in [6.07, 6.45) is 4.50. The number of aliphatic hydroxyl groups is 1. The number of hydrogen-bond acceptors (Lipinski definition) is 7. The number of H-pyrrole nitrogens is 1. The Morgan fingerprint density at radius 1 is 1.03 bits per heavy atom. The molecule has 0 fully saturated rings. The zero-order valence-corrected chi connectivity index (χ0v) is 17.9. The summed E-state index contributed by atoms with van der Waals surface area (Å²) in [6, 6.07) is 18.7. The number of hydrogen-bond donors (Lipinski definition) is 5. The predicted molar refractivity (Wildman–Crippen MR) is 131 cm³/mol. The maximum atomic E-state index is 10.5. The van der Waals surface area contributed by atoms with Gasteiger partial charge in [0.05, 0.1) is 11.0 Å². The molecule has 0 aliphatic heterocycles. The molecule has 0 spiro atoms. The van der Waals surface area contributed by atoms with Crippen LogP contribution in [0.3, 0.4) is 0 Å². The average molecular weight is 438 g/mol. The number of anilines is 4. The van der Waals surface area contributed by atoms with Crippen LogP contribution >= 0.6 is 0 Å². The average Bonchev–Trinajstić information content (AvgIpc) is 3.29. The molecule has 6 N–H and O–H groups in total. The first-order valence-corrected chi connectivity index (χ1v) is 10.5. The number of aryl methyl sites for hydroxylation is 1. The molecule has 0 saturated heterocycles. The monoisotopic (exact) mass is 437 g/mol. The van der Waals surface area contributed by atoms with E-state index in [1.165, 1.54) is 0 Å². The Bertz CT molecular complexity index is 1420. The maximum absolute atomic E-state index is 10.5. The largest absolute Gasteiger partial charge is 0.399 e. The first kappa shape index (κ1) is 20.5. The third kappa shape index (κ3) is 4.32. The topological polar surface area (TPSA) is 125 Å². The molecule has 0 bridgehead atoms. The number of fused-ring (bicyclic) bond motifs is 1. The smallest absolute Gasteiger partial charge is 0.228 e. The fourth-order valence-corrected chi connectivity index (χ4v) is 3.70. The van der Waals surface area contributed by atoms with E-state index in [-0.39, 0.29) is 0 Å². The molecular formula is C25H23N7O. The highest BCUT2D eigenvalue weighted by Crippen LogP contribution is 2.29. The van der Waals surface area contributed by atoms with Gasteiger partial charge in [0.15, 0.2) is 6.23 Å². The first-order chi connectivity index (χ1) is 16.1. The van der Waals surface area contributed by atoms with Gasteiger partial charge in [-0.3, -0.25) is 4.98 Å². The predicted octanol–water partition coefficient (Wildman–Crippen LogP) is 4.76. The fraction of sp³-hybridized carbons (Fsp3) is 0.0800. The summed E-state index contributed by atoms with van der Waals surface area (Å²) in [7, 11) is 0. The molecule has 8 heteroatoms. The van der Waals surface area contributed by atoms with Gasteiger partial charge in [0.25, 0.3) is 0 Å². The van der Waals surface area contributed by atoms with Crippen molar-refractivity contribution in [2.24, 2.45) is 0 Å². The molecule has 0 amide bonds. The van der Waals surface area contributed by atoms with E-state index in [9.17, 15) is 5.11 Å². The van der Waals surface area contributed by atoms with E-state index in [0.29, 0.717) is 17.2 Å². The van der Waals surface area contributed by atoms with Crippen molar-refractivity contribution in [3.05, 3.63) is 90.4 Å². The number of nitrogens with one attached hydrogen (secondary N) is 3. The number of nitrogens with zero attached hydrogens (tertiary/aromatic N) is 3. The van der Waals surface area contributed by atoms with E-state index >= 15 is 0 Å². The van der Waals surface area contributed by atoms with Crippen molar-refractivity contribution in [1.29, 1.82) is 0 Å². The number of aromatic nitrogens is 4. The number of rotatable bonds is 6. The van der Waals surface area contributed by atoms with Gasteiger partial charge in [0, 0.05) is 46.8 Å². The second-order valence-corrected chi connectivity index (χ2v) is 7.75. The molecule has 0 aliphatic carbocycles. The van der Waals surface area contributed by atoms with Gasteiger partial charge in [-0.2, -0.15) is 0 Å². The summed E-state index contributed by atoms with van der Waals surface area (Å²) >= 11 is 0. The normalized spacial score (nSPS) is 11.9. The third-order valence-electron chi connectivity index (χ3n) is 5.34. The van der Waals surface area contributed by atoms with Gasteiger partial charge in [-0.15, -0.1) is 0 Å². The summed E-state index contributed by atoms with van der Waals surface area (Å²) in [5.41, 5.74) is 13.1. The van der Waals surface area contributed by atoms with Gasteiger partial charge < -0.3 is 26.5 Å². The molecular weight excluding hydrogens is 414 g/mol. The zero-order valence-electron chi connectivity index (χ0n) is 17.9. The van der Waals surface area contributed by atoms with Crippen molar-refractivity contribution >= 4 is 34.0 Å². The minimum absolute atomic E-state index is 0.490. The van der Waals surface area contributed by atoms with E-state index in [1.54, 1.807) is 24.5 Å². The zero-order chi connectivity index (χ0) is 22.8. The number of nitrogens with two attached hydrogens (primary N) is 1. The summed E-state index contributed by atoms with van der Waals surface area (Å²) < 4.78 is 0. The molecule has 0 aliphatic rings. The molecule has 5 rings (SSSR count). The van der Waals surface area contributed by atoms with Crippen LogP contribution < -0.4 is 16.4 Å². The highest BCUT2D eigenvalue weighted by Gasteiger charge is 2.13. The van der Waals surface area contributed by atoms with Crippen molar-refractivity contribution < 1.29 is 5.11 Å². The maximum Gasteiger partial charge on any atom is 0.228 e. The summed E-state index contributed by atoms with van der Waals surface area (Å²) in [4.78, 5) is 16.8. The Kier molecular flexibility index (Phi) is 5.34. The Morgan fingerprint density at radius 2 is 1.94 bits per heavy atom. The molecule has 2 aromatic carbocycles. The summed E-state index contributed by atoms with van der Waals surface area (Å²) in [5.74, 6) is 0.490. The van der Waals surface area contributed by atoms with Crippen LogP contribution in [0.15, 0.2) is 79.3 Å². The number of pyridine rings is 1. The molecule has 33 heavy (non-hydrogen) atoms. The lowest BCUT2D eigenvalue weighted by atomic mass is 10.1. The Balaban J connectivity index is 1.40. The van der Waals surface area contributed by atoms with E-state index < -0.39 is 6.23 Å². The SMILES string of the molecule is Cc1cc(NC(O)c2cccc(N)c2)ccc1Nc1nc(-c2cccnc2)c2[nH]ccc2n1. The number of aromatic amines is 1. The van der Waals surface area contributed by atoms with Crippen molar-refractivity contribution in [2.45, 2.75) is 13.2 Å². The molecule has 5 aromatic rings. The number of aliphatic hydroxyl groups excluding tert-OH is 1. The van der Waals surface area contributed by atoms with Gasteiger partial charge in [0.2, 0.25) is 5.95 Å². The fourth-order valence-electron chi connectivity index (χ4n) is 3.70. The summed E-state index contributed by atoms with van der Waals surface area (Å²) in [5, 5.41) is 16.9.